The van der Waals surface area contributed by atoms with E-state index in [4.69, 9.17) is 9.47 Å². The van der Waals surface area contributed by atoms with Crippen molar-refractivity contribution in [2.24, 2.45) is 0 Å². The van der Waals surface area contributed by atoms with Crippen LogP contribution in [-0.4, -0.2) is 18.0 Å². The molecule has 2 nitrogen and oxygen atoms in total. The van der Waals surface area contributed by atoms with Crippen LogP contribution in [0.1, 0.15) is 48.0 Å². The first-order chi connectivity index (χ1) is 5.37. The summed E-state index contributed by atoms with van der Waals surface area (Å²) in [6.07, 6.45) is 1.12. The van der Waals surface area contributed by atoms with Gasteiger partial charge < -0.3 is 9.47 Å². The number of hydrogen-bond donors (Lipinski definition) is 0. The lowest BCUT2D eigenvalue weighted by Crippen LogP contribution is -2.31. The van der Waals surface area contributed by atoms with E-state index in [1.165, 1.54) is 0 Å². The van der Waals surface area contributed by atoms with Crippen LogP contribution in [0, 0.1) is 0 Å². The highest BCUT2D eigenvalue weighted by Crippen LogP contribution is 2.17. The van der Waals surface area contributed by atoms with Crippen molar-refractivity contribution < 1.29 is 9.47 Å². The molecule has 0 aromatic carbocycles. The molecule has 0 radical (unpaired) electrons. The van der Waals surface area contributed by atoms with E-state index in [1.54, 1.807) is 0 Å². The van der Waals surface area contributed by atoms with Crippen molar-refractivity contribution in [2.75, 3.05) is 0 Å². The van der Waals surface area contributed by atoms with Crippen LogP contribution in [0.25, 0.3) is 0 Å². The van der Waals surface area contributed by atoms with Crippen molar-refractivity contribution in [3.63, 3.8) is 0 Å². The van der Waals surface area contributed by atoms with Crippen molar-refractivity contribution in [3.8, 4) is 0 Å². The Kier molecular flexibility index (Phi) is 4.80. The molecule has 0 saturated heterocycles. The lowest BCUT2D eigenvalue weighted by molar-refractivity contribution is -0.205. The van der Waals surface area contributed by atoms with Gasteiger partial charge in [0.15, 0.2) is 6.29 Å². The van der Waals surface area contributed by atoms with E-state index >= 15 is 0 Å². The van der Waals surface area contributed by atoms with Gasteiger partial charge in [-0.15, -0.1) is 0 Å². The zero-order valence-electron chi connectivity index (χ0n) is 9.18. The van der Waals surface area contributed by atoms with Crippen LogP contribution in [0.3, 0.4) is 0 Å². The summed E-state index contributed by atoms with van der Waals surface area (Å²) in [5.74, 6) is 0. The van der Waals surface area contributed by atoms with Crippen molar-refractivity contribution in [1.29, 1.82) is 0 Å². The van der Waals surface area contributed by atoms with Gasteiger partial charge in [0.2, 0.25) is 0 Å². The first-order valence-corrected chi connectivity index (χ1v) is 4.70. The molecule has 0 saturated carbocycles. The minimum absolute atomic E-state index is 0.0751. The molecule has 12 heavy (non-hydrogen) atoms. The molecule has 0 N–H and O–H groups in total. The molecule has 0 fully saturated rings. The summed E-state index contributed by atoms with van der Waals surface area (Å²) in [5, 5.41) is 0. The maximum absolute atomic E-state index is 5.68. The monoisotopic (exact) mass is 174 g/mol. The highest BCUT2D eigenvalue weighted by atomic mass is 16.7. The highest BCUT2D eigenvalue weighted by Gasteiger charge is 2.19. The molecule has 0 spiro atoms. The predicted molar refractivity (Wildman–Crippen MR) is 51.1 cm³/mol. The quantitative estimate of drug-likeness (QED) is 0.596. The van der Waals surface area contributed by atoms with Crippen LogP contribution in [0.4, 0.5) is 0 Å². The van der Waals surface area contributed by atoms with Gasteiger partial charge in [0.05, 0.1) is 11.7 Å². The molecule has 0 aliphatic carbocycles. The first-order valence-electron chi connectivity index (χ1n) is 4.70. The first kappa shape index (κ1) is 11.9. The van der Waals surface area contributed by atoms with Crippen LogP contribution < -0.4 is 0 Å². The van der Waals surface area contributed by atoms with Gasteiger partial charge in [-0.3, -0.25) is 0 Å². The largest absolute Gasteiger partial charge is 0.350 e. The van der Waals surface area contributed by atoms with Gasteiger partial charge in [-0.1, -0.05) is 6.92 Å². The van der Waals surface area contributed by atoms with Crippen molar-refractivity contribution >= 4 is 0 Å². The second kappa shape index (κ2) is 4.83. The Bertz CT molecular complexity index is 119. The van der Waals surface area contributed by atoms with Crippen molar-refractivity contribution in [3.05, 3.63) is 0 Å². The molecular weight excluding hydrogens is 152 g/mol. The highest BCUT2D eigenvalue weighted by molar-refractivity contribution is 4.65. The normalized spacial score (nSPS) is 15.2. The van der Waals surface area contributed by atoms with E-state index in [1.807, 2.05) is 20.8 Å². The topological polar surface area (TPSA) is 18.5 Å². The summed E-state index contributed by atoms with van der Waals surface area (Å²) in [6, 6.07) is 0. The van der Waals surface area contributed by atoms with Crippen LogP contribution >= 0.6 is 0 Å². The summed E-state index contributed by atoms with van der Waals surface area (Å²) in [6.45, 7) is 12.2. The number of rotatable bonds is 5. The molecule has 0 aliphatic rings. The second-order valence-electron chi connectivity index (χ2n) is 3.98. The smallest absolute Gasteiger partial charge is 0.155 e. The number of hydrogen-bond acceptors (Lipinski definition) is 2. The van der Waals surface area contributed by atoms with E-state index < -0.39 is 0 Å². The van der Waals surface area contributed by atoms with Crippen molar-refractivity contribution in [1.82, 2.24) is 0 Å². The molecule has 2 heteroatoms. The molecule has 0 bridgehead atoms. The van der Waals surface area contributed by atoms with Crippen LogP contribution in [0.2, 0.25) is 0 Å². The molecule has 0 amide bonds. The zero-order valence-corrected chi connectivity index (χ0v) is 9.18. The van der Waals surface area contributed by atoms with Crippen LogP contribution in [0.15, 0.2) is 0 Å². The van der Waals surface area contributed by atoms with E-state index in [0.717, 1.165) is 6.42 Å². The van der Waals surface area contributed by atoms with Crippen LogP contribution in [-0.2, 0) is 9.47 Å². The maximum Gasteiger partial charge on any atom is 0.155 e. The van der Waals surface area contributed by atoms with E-state index in [9.17, 15) is 0 Å². The molecule has 1 unspecified atom stereocenters. The molecule has 74 valence electrons. The zero-order chi connectivity index (χ0) is 9.78. The molecule has 0 aliphatic heterocycles. The third kappa shape index (κ3) is 5.56. The minimum Gasteiger partial charge on any atom is -0.350 e. The second-order valence-corrected chi connectivity index (χ2v) is 3.98. The fraction of sp³-hybridized carbons (Fsp3) is 1.00. The van der Waals surface area contributed by atoms with Gasteiger partial charge in [0.25, 0.3) is 0 Å². The summed E-state index contributed by atoms with van der Waals surface area (Å²) in [7, 11) is 0. The van der Waals surface area contributed by atoms with Gasteiger partial charge in [-0.05, 0) is 41.0 Å². The van der Waals surface area contributed by atoms with Gasteiger partial charge in [-0.2, -0.15) is 0 Å². The lowest BCUT2D eigenvalue weighted by atomic mass is 10.1. The van der Waals surface area contributed by atoms with E-state index in [-0.39, 0.29) is 18.0 Å². The van der Waals surface area contributed by atoms with E-state index in [2.05, 4.69) is 20.8 Å². The Balaban J connectivity index is 3.75. The fourth-order valence-corrected chi connectivity index (χ4v) is 0.944. The van der Waals surface area contributed by atoms with Crippen molar-refractivity contribution in [2.45, 2.75) is 66.0 Å². The van der Waals surface area contributed by atoms with E-state index in [0.29, 0.717) is 0 Å². The molecule has 1 atom stereocenters. The fourth-order valence-electron chi connectivity index (χ4n) is 0.944. The molecule has 0 heterocycles. The van der Waals surface area contributed by atoms with Crippen LogP contribution in [0.5, 0.6) is 0 Å². The molecule has 0 rings (SSSR count). The summed E-state index contributed by atoms with van der Waals surface area (Å²) >= 11 is 0. The van der Waals surface area contributed by atoms with Gasteiger partial charge in [0.1, 0.15) is 0 Å². The average molecular weight is 174 g/mol. The molecule has 0 aromatic rings. The number of ether oxygens (including phenoxy) is 2. The van der Waals surface area contributed by atoms with Gasteiger partial charge >= 0.3 is 0 Å². The summed E-state index contributed by atoms with van der Waals surface area (Å²) in [5.41, 5.74) is -0.0751. The van der Waals surface area contributed by atoms with Gasteiger partial charge in [-0.25, -0.2) is 0 Å². The van der Waals surface area contributed by atoms with Gasteiger partial charge in [0, 0.05) is 0 Å². The minimum atomic E-state index is -0.111. The third-order valence-corrected chi connectivity index (χ3v) is 1.80. The Morgan fingerprint density at radius 3 is 2.00 bits per heavy atom. The SMILES string of the molecule is CCC(C)(C)OC(C)OC(C)C. The maximum atomic E-state index is 5.68. The molecular formula is C10H22O2. The Morgan fingerprint density at radius 2 is 1.67 bits per heavy atom. The summed E-state index contributed by atoms with van der Waals surface area (Å²) in [4.78, 5) is 0. The standard InChI is InChI=1S/C10H22O2/c1-7-10(5,6)12-9(4)11-8(2)3/h8-9H,7H2,1-6H3. The Morgan fingerprint density at radius 1 is 1.17 bits per heavy atom. The summed E-state index contributed by atoms with van der Waals surface area (Å²) < 4.78 is 11.1. The average Bonchev–Trinajstić information content (AvgIpc) is 1.84. The predicted octanol–water partition coefficient (Wildman–Crippen LogP) is 2.96. The third-order valence-electron chi connectivity index (χ3n) is 1.80. The Hall–Kier alpha value is -0.0800. The Labute approximate surface area is 76.3 Å². The lowest BCUT2D eigenvalue weighted by Gasteiger charge is -2.28. The molecule has 0 aromatic heterocycles.